The van der Waals surface area contributed by atoms with Crippen molar-refractivity contribution in [1.29, 1.82) is 0 Å². The first-order valence-electron chi connectivity index (χ1n) is 4.28. The van der Waals surface area contributed by atoms with Crippen LogP contribution < -0.4 is 5.32 Å². The lowest BCUT2D eigenvalue weighted by Gasteiger charge is -2.00. The summed E-state index contributed by atoms with van der Waals surface area (Å²) >= 11 is 5.73. The largest absolute Gasteiger partial charge is 0.313 e. The van der Waals surface area contributed by atoms with E-state index >= 15 is 0 Å². The molecule has 0 heterocycles. The van der Waals surface area contributed by atoms with Gasteiger partial charge in [-0.3, -0.25) is 0 Å². The molecule has 0 saturated heterocycles. The highest BCUT2D eigenvalue weighted by atomic mass is 35.5. The molecule has 0 amide bonds. The molecular formula is C11H16ClN. The predicted octanol–water partition coefficient (Wildman–Crippen LogP) is 3.25. The van der Waals surface area contributed by atoms with Gasteiger partial charge in [0.2, 0.25) is 0 Å². The average molecular weight is 198 g/mol. The maximum absolute atomic E-state index is 5.73. The zero-order chi connectivity index (χ0) is 10.1. The fourth-order valence-corrected chi connectivity index (χ4v) is 0.998. The third-order valence-corrected chi connectivity index (χ3v) is 1.74. The van der Waals surface area contributed by atoms with Gasteiger partial charge in [-0.05, 0) is 24.2 Å². The molecule has 0 spiro atoms. The zero-order valence-corrected chi connectivity index (χ0v) is 8.77. The Balaban J connectivity index is 0.000000671. The number of benzene rings is 1. The molecule has 1 rings (SSSR count). The molecular weight excluding hydrogens is 182 g/mol. The van der Waals surface area contributed by atoms with Crippen LogP contribution >= 0.6 is 11.6 Å². The number of hydrogen-bond donors (Lipinski definition) is 1. The normalized spacial score (nSPS) is 8.77. The van der Waals surface area contributed by atoms with E-state index in [1.807, 2.05) is 24.3 Å². The van der Waals surface area contributed by atoms with Crippen molar-refractivity contribution in [3.8, 4) is 0 Å². The van der Waals surface area contributed by atoms with Crippen LogP contribution in [0.15, 0.2) is 37.4 Å². The Labute approximate surface area is 85.4 Å². The Hall–Kier alpha value is -0.790. The molecule has 13 heavy (non-hydrogen) atoms. The maximum Gasteiger partial charge on any atom is 0.0406 e. The molecule has 1 aromatic rings. The third-order valence-electron chi connectivity index (χ3n) is 1.49. The van der Waals surface area contributed by atoms with Crippen molar-refractivity contribution in [3.05, 3.63) is 48.0 Å². The smallest absolute Gasteiger partial charge is 0.0406 e. The van der Waals surface area contributed by atoms with E-state index in [4.69, 9.17) is 11.6 Å². The molecule has 1 aromatic carbocycles. The zero-order valence-electron chi connectivity index (χ0n) is 8.02. The van der Waals surface area contributed by atoms with E-state index in [0.717, 1.165) is 18.1 Å². The van der Waals surface area contributed by atoms with Crippen LogP contribution in [0, 0.1) is 0 Å². The van der Waals surface area contributed by atoms with Crippen molar-refractivity contribution in [3.63, 3.8) is 0 Å². The standard InChI is InChI=1S/C9H12ClN.C2H4/c1-2-11-7-8-3-5-9(10)6-4-8;1-2/h3-6,11H,2,7H2,1H3;1-2H2. The van der Waals surface area contributed by atoms with Crippen LogP contribution in [0.5, 0.6) is 0 Å². The molecule has 0 unspecified atom stereocenters. The molecule has 0 aromatic heterocycles. The van der Waals surface area contributed by atoms with Gasteiger partial charge >= 0.3 is 0 Å². The van der Waals surface area contributed by atoms with E-state index in [-0.39, 0.29) is 0 Å². The van der Waals surface area contributed by atoms with Crippen LogP contribution in [0.1, 0.15) is 12.5 Å². The molecule has 0 saturated carbocycles. The Kier molecular flexibility index (Phi) is 7.36. The molecule has 0 aliphatic carbocycles. The highest BCUT2D eigenvalue weighted by Gasteiger charge is 1.89. The molecule has 0 fully saturated rings. The topological polar surface area (TPSA) is 12.0 Å². The van der Waals surface area contributed by atoms with Gasteiger partial charge in [0.05, 0.1) is 0 Å². The first kappa shape index (κ1) is 12.2. The lowest BCUT2D eigenvalue weighted by atomic mass is 10.2. The average Bonchev–Trinajstić information content (AvgIpc) is 2.20. The van der Waals surface area contributed by atoms with Crippen molar-refractivity contribution < 1.29 is 0 Å². The second-order valence-corrected chi connectivity index (χ2v) is 2.84. The Morgan fingerprint density at radius 3 is 2.23 bits per heavy atom. The highest BCUT2D eigenvalue weighted by molar-refractivity contribution is 6.30. The quantitative estimate of drug-likeness (QED) is 0.734. The number of halogens is 1. The maximum atomic E-state index is 5.73. The molecule has 1 N–H and O–H groups in total. The van der Waals surface area contributed by atoms with E-state index in [2.05, 4.69) is 25.4 Å². The van der Waals surface area contributed by atoms with Gasteiger partial charge in [-0.25, -0.2) is 0 Å². The van der Waals surface area contributed by atoms with Crippen LogP contribution in [-0.2, 0) is 6.54 Å². The Bertz CT molecular complexity index is 218. The predicted molar refractivity (Wildman–Crippen MR) is 60.1 cm³/mol. The van der Waals surface area contributed by atoms with E-state index in [1.54, 1.807) is 0 Å². The molecule has 0 aliphatic rings. The van der Waals surface area contributed by atoms with Gasteiger partial charge in [0.25, 0.3) is 0 Å². The van der Waals surface area contributed by atoms with Gasteiger partial charge in [0, 0.05) is 11.6 Å². The van der Waals surface area contributed by atoms with E-state index in [1.165, 1.54) is 5.56 Å². The minimum Gasteiger partial charge on any atom is -0.313 e. The Morgan fingerprint density at radius 1 is 1.23 bits per heavy atom. The lowest BCUT2D eigenvalue weighted by Crippen LogP contribution is -2.11. The number of rotatable bonds is 3. The lowest BCUT2D eigenvalue weighted by molar-refractivity contribution is 0.727. The van der Waals surface area contributed by atoms with Gasteiger partial charge in [-0.15, -0.1) is 13.2 Å². The summed E-state index contributed by atoms with van der Waals surface area (Å²) in [5.74, 6) is 0. The minimum absolute atomic E-state index is 0.797. The summed E-state index contributed by atoms with van der Waals surface area (Å²) in [6, 6.07) is 7.89. The first-order chi connectivity index (χ1) is 6.33. The molecule has 1 nitrogen and oxygen atoms in total. The van der Waals surface area contributed by atoms with E-state index in [9.17, 15) is 0 Å². The molecule has 72 valence electrons. The SMILES string of the molecule is C=C.CCNCc1ccc(Cl)cc1. The van der Waals surface area contributed by atoms with Crippen LogP contribution in [0.2, 0.25) is 5.02 Å². The second-order valence-electron chi connectivity index (χ2n) is 2.41. The summed E-state index contributed by atoms with van der Waals surface area (Å²) in [5, 5.41) is 4.04. The molecule has 0 atom stereocenters. The summed E-state index contributed by atoms with van der Waals surface area (Å²) in [7, 11) is 0. The van der Waals surface area contributed by atoms with Gasteiger partial charge in [-0.2, -0.15) is 0 Å². The summed E-state index contributed by atoms with van der Waals surface area (Å²) in [6.07, 6.45) is 0. The molecule has 2 heteroatoms. The van der Waals surface area contributed by atoms with Crippen molar-refractivity contribution >= 4 is 11.6 Å². The number of hydrogen-bond acceptors (Lipinski definition) is 1. The highest BCUT2D eigenvalue weighted by Crippen LogP contribution is 2.08. The van der Waals surface area contributed by atoms with Crippen molar-refractivity contribution in [2.45, 2.75) is 13.5 Å². The fraction of sp³-hybridized carbons (Fsp3) is 0.273. The molecule has 0 aliphatic heterocycles. The van der Waals surface area contributed by atoms with Crippen molar-refractivity contribution in [2.75, 3.05) is 6.54 Å². The van der Waals surface area contributed by atoms with E-state index in [0.29, 0.717) is 0 Å². The first-order valence-corrected chi connectivity index (χ1v) is 4.66. The Morgan fingerprint density at radius 2 is 1.77 bits per heavy atom. The molecule has 0 radical (unpaired) electrons. The summed E-state index contributed by atoms with van der Waals surface area (Å²) in [5.41, 5.74) is 1.27. The number of nitrogens with one attached hydrogen (secondary N) is 1. The summed E-state index contributed by atoms with van der Waals surface area (Å²) < 4.78 is 0. The van der Waals surface area contributed by atoms with Gasteiger partial charge in [0.15, 0.2) is 0 Å². The molecule has 0 bridgehead atoms. The third kappa shape index (κ3) is 5.45. The van der Waals surface area contributed by atoms with Crippen molar-refractivity contribution in [1.82, 2.24) is 5.32 Å². The minimum atomic E-state index is 0.797. The van der Waals surface area contributed by atoms with Crippen molar-refractivity contribution in [2.24, 2.45) is 0 Å². The van der Waals surface area contributed by atoms with Crippen LogP contribution in [0.4, 0.5) is 0 Å². The van der Waals surface area contributed by atoms with Gasteiger partial charge in [0.1, 0.15) is 0 Å². The van der Waals surface area contributed by atoms with E-state index < -0.39 is 0 Å². The second kappa shape index (κ2) is 7.84. The fourth-order valence-electron chi connectivity index (χ4n) is 0.872. The van der Waals surface area contributed by atoms with Crippen LogP contribution in [-0.4, -0.2) is 6.54 Å². The summed E-state index contributed by atoms with van der Waals surface area (Å²) in [6.45, 7) is 10.0. The monoisotopic (exact) mass is 197 g/mol. The van der Waals surface area contributed by atoms with Crippen LogP contribution in [0.3, 0.4) is 0 Å². The summed E-state index contributed by atoms with van der Waals surface area (Å²) in [4.78, 5) is 0. The van der Waals surface area contributed by atoms with Gasteiger partial charge < -0.3 is 5.32 Å². The van der Waals surface area contributed by atoms with Gasteiger partial charge in [-0.1, -0.05) is 30.7 Å². The van der Waals surface area contributed by atoms with Crippen LogP contribution in [0.25, 0.3) is 0 Å².